The maximum atomic E-state index is 12.6. The lowest BCUT2D eigenvalue weighted by atomic mass is 10.0. The van der Waals surface area contributed by atoms with Crippen molar-refractivity contribution in [3.05, 3.63) is 23.8 Å². The lowest BCUT2D eigenvalue weighted by Gasteiger charge is -2.25. The number of β-amino-alcohol motifs (C(OH)–C–C–N with tert-alkyl or cyclic N) is 1. The molecule has 1 unspecified atom stereocenters. The third kappa shape index (κ3) is 2.79. The van der Waals surface area contributed by atoms with Crippen LogP contribution in [0.4, 0.5) is 13.2 Å². The molecule has 1 fully saturated rings. The molecule has 0 radical (unpaired) electrons. The SMILES string of the molecule is O=C(O)c1cnc(C(=O)N2CCC(O)(C(F)(F)F)C2)cn1. The van der Waals surface area contributed by atoms with Gasteiger partial charge in [0.05, 0.1) is 18.9 Å². The van der Waals surface area contributed by atoms with Crippen LogP contribution in [0.15, 0.2) is 12.4 Å². The summed E-state index contributed by atoms with van der Waals surface area (Å²) >= 11 is 0. The van der Waals surface area contributed by atoms with Crippen LogP contribution in [-0.4, -0.2) is 61.8 Å². The Morgan fingerprint density at radius 1 is 1.24 bits per heavy atom. The molecule has 0 aromatic carbocycles. The monoisotopic (exact) mass is 305 g/mol. The summed E-state index contributed by atoms with van der Waals surface area (Å²) < 4.78 is 37.9. The molecule has 1 aliphatic rings. The molecule has 1 aromatic rings. The highest BCUT2D eigenvalue weighted by Gasteiger charge is 2.57. The van der Waals surface area contributed by atoms with E-state index in [0.29, 0.717) is 0 Å². The molecule has 1 aromatic heterocycles. The standard InChI is InChI=1S/C11H10F3N3O4/c12-11(13,14)10(21)1-2-17(5-10)8(18)6-3-16-7(4-15-6)9(19)20/h3-4,21H,1-2,5H2,(H,19,20). The zero-order valence-corrected chi connectivity index (χ0v) is 10.5. The average molecular weight is 305 g/mol. The lowest BCUT2D eigenvalue weighted by molar-refractivity contribution is -0.253. The van der Waals surface area contributed by atoms with Crippen molar-refractivity contribution in [3.63, 3.8) is 0 Å². The summed E-state index contributed by atoms with van der Waals surface area (Å²) in [6.07, 6.45) is -3.75. The fraction of sp³-hybridized carbons (Fsp3) is 0.455. The molecule has 1 saturated heterocycles. The molecule has 7 nitrogen and oxygen atoms in total. The van der Waals surface area contributed by atoms with Crippen LogP contribution in [0.1, 0.15) is 27.4 Å². The largest absolute Gasteiger partial charge is 0.476 e. The lowest BCUT2D eigenvalue weighted by Crippen LogP contribution is -2.48. The Labute approximate surface area is 116 Å². The van der Waals surface area contributed by atoms with Crippen LogP contribution in [0.25, 0.3) is 0 Å². The summed E-state index contributed by atoms with van der Waals surface area (Å²) in [5.41, 5.74) is -3.61. The first kappa shape index (κ1) is 15.2. The fourth-order valence-electron chi connectivity index (χ4n) is 1.91. The first-order valence-corrected chi connectivity index (χ1v) is 5.78. The minimum atomic E-state index is -4.83. The number of rotatable bonds is 2. The van der Waals surface area contributed by atoms with Gasteiger partial charge in [0.1, 0.15) is 5.69 Å². The van der Waals surface area contributed by atoms with Gasteiger partial charge in [-0.05, 0) is 0 Å². The van der Waals surface area contributed by atoms with Crippen molar-refractivity contribution in [2.24, 2.45) is 0 Å². The highest BCUT2D eigenvalue weighted by Crippen LogP contribution is 2.37. The quantitative estimate of drug-likeness (QED) is 0.815. The van der Waals surface area contributed by atoms with Gasteiger partial charge in [-0.1, -0.05) is 0 Å². The number of carbonyl (C=O) groups is 2. The van der Waals surface area contributed by atoms with E-state index in [1.165, 1.54) is 0 Å². The van der Waals surface area contributed by atoms with Gasteiger partial charge in [0.2, 0.25) is 0 Å². The van der Waals surface area contributed by atoms with E-state index in [1.54, 1.807) is 0 Å². The number of hydrogen-bond donors (Lipinski definition) is 2. The number of carboxylic acids is 1. The van der Waals surface area contributed by atoms with Crippen LogP contribution in [0.5, 0.6) is 0 Å². The van der Waals surface area contributed by atoms with Crippen LogP contribution in [0.3, 0.4) is 0 Å². The zero-order valence-electron chi connectivity index (χ0n) is 10.5. The topological polar surface area (TPSA) is 104 Å². The van der Waals surface area contributed by atoms with E-state index in [1.807, 2.05) is 0 Å². The number of hydrogen-bond acceptors (Lipinski definition) is 5. The minimum Gasteiger partial charge on any atom is -0.476 e. The summed E-state index contributed by atoms with van der Waals surface area (Å²) in [4.78, 5) is 30.3. The van der Waals surface area contributed by atoms with E-state index in [2.05, 4.69) is 9.97 Å². The number of likely N-dealkylation sites (tertiary alicyclic amines) is 1. The molecule has 2 N–H and O–H groups in total. The number of carboxylic acid groups (broad SMARTS) is 1. The van der Waals surface area contributed by atoms with Gasteiger partial charge < -0.3 is 15.1 Å². The summed E-state index contributed by atoms with van der Waals surface area (Å²) in [5, 5.41) is 18.1. The Hall–Kier alpha value is -2.23. The molecule has 0 spiro atoms. The van der Waals surface area contributed by atoms with Gasteiger partial charge in [0.25, 0.3) is 5.91 Å². The number of aromatic carboxylic acids is 1. The number of amides is 1. The molecule has 0 saturated carbocycles. The van der Waals surface area contributed by atoms with Gasteiger partial charge in [-0.3, -0.25) is 4.79 Å². The van der Waals surface area contributed by atoms with E-state index >= 15 is 0 Å². The first-order chi connectivity index (χ1) is 9.64. The second-order valence-electron chi connectivity index (χ2n) is 4.60. The smallest absolute Gasteiger partial charge is 0.419 e. The molecule has 1 atom stereocenters. The van der Waals surface area contributed by atoms with Crippen molar-refractivity contribution >= 4 is 11.9 Å². The van der Waals surface area contributed by atoms with Gasteiger partial charge >= 0.3 is 12.1 Å². The Balaban J connectivity index is 2.13. The molecule has 10 heteroatoms. The summed E-state index contributed by atoms with van der Waals surface area (Å²) in [6, 6.07) is 0. The highest BCUT2D eigenvalue weighted by molar-refractivity contribution is 5.93. The molecular weight excluding hydrogens is 295 g/mol. The predicted molar refractivity (Wildman–Crippen MR) is 60.5 cm³/mol. The normalized spacial score (nSPS) is 22.4. The van der Waals surface area contributed by atoms with Crippen molar-refractivity contribution in [1.82, 2.24) is 14.9 Å². The predicted octanol–water partition coefficient (Wildman–Crippen LogP) is 0.314. The van der Waals surface area contributed by atoms with Crippen LogP contribution >= 0.6 is 0 Å². The minimum absolute atomic E-state index is 0.281. The molecule has 1 amide bonds. The third-order valence-corrected chi connectivity index (χ3v) is 3.15. The van der Waals surface area contributed by atoms with E-state index in [0.717, 1.165) is 17.3 Å². The second-order valence-corrected chi connectivity index (χ2v) is 4.60. The number of halogens is 3. The van der Waals surface area contributed by atoms with Crippen LogP contribution in [0.2, 0.25) is 0 Å². The number of carbonyl (C=O) groups excluding carboxylic acids is 1. The molecular formula is C11H10F3N3O4. The third-order valence-electron chi connectivity index (χ3n) is 3.15. The van der Waals surface area contributed by atoms with E-state index < -0.39 is 36.6 Å². The Kier molecular flexibility index (Phi) is 3.58. The maximum absolute atomic E-state index is 12.6. The highest BCUT2D eigenvalue weighted by atomic mass is 19.4. The molecule has 0 bridgehead atoms. The Morgan fingerprint density at radius 3 is 2.24 bits per heavy atom. The summed E-state index contributed by atoms with van der Waals surface area (Å²) in [6.45, 7) is -1.17. The summed E-state index contributed by atoms with van der Waals surface area (Å²) in [5.74, 6) is -2.19. The Bertz CT molecular complexity index is 575. The second kappa shape index (κ2) is 4.95. The van der Waals surface area contributed by atoms with E-state index in [-0.39, 0.29) is 17.9 Å². The van der Waals surface area contributed by atoms with Crippen molar-refractivity contribution in [2.45, 2.75) is 18.2 Å². The van der Waals surface area contributed by atoms with Crippen molar-refractivity contribution in [3.8, 4) is 0 Å². The van der Waals surface area contributed by atoms with Gasteiger partial charge in [0, 0.05) is 13.0 Å². The van der Waals surface area contributed by atoms with Crippen molar-refractivity contribution in [2.75, 3.05) is 13.1 Å². The molecule has 0 aliphatic carbocycles. The van der Waals surface area contributed by atoms with Gasteiger partial charge in [0.15, 0.2) is 11.3 Å². The van der Waals surface area contributed by atoms with Crippen molar-refractivity contribution < 1.29 is 33.0 Å². The fourth-order valence-corrected chi connectivity index (χ4v) is 1.91. The van der Waals surface area contributed by atoms with Crippen LogP contribution in [-0.2, 0) is 0 Å². The molecule has 114 valence electrons. The zero-order chi connectivity index (χ0) is 15.8. The maximum Gasteiger partial charge on any atom is 0.419 e. The number of nitrogens with zero attached hydrogens (tertiary/aromatic N) is 3. The first-order valence-electron chi connectivity index (χ1n) is 5.78. The van der Waals surface area contributed by atoms with E-state index in [9.17, 15) is 27.9 Å². The van der Waals surface area contributed by atoms with Gasteiger partial charge in [-0.15, -0.1) is 0 Å². The van der Waals surface area contributed by atoms with Crippen LogP contribution < -0.4 is 0 Å². The van der Waals surface area contributed by atoms with Gasteiger partial charge in [-0.2, -0.15) is 13.2 Å². The van der Waals surface area contributed by atoms with Crippen LogP contribution in [0, 0.1) is 0 Å². The average Bonchev–Trinajstić information content (AvgIpc) is 2.81. The van der Waals surface area contributed by atoms with Crippen molar-refractivity contribution in [1.29, 1.82) is 0 Å². The number of aliphatic hydroxyl groups is 1. The van der Waals surface area contributed by atoms with E-state index in [4.69, 9.17) is 5.11 Å². The summed E-state index contributed by atoms with van der Waals surface area (Å²) in [7, 11) is 0. The molecule has 2 rings (SSSR count). The van der Waals surface area contributed by atoms with Gasteiger partial charge in [-0.25, -0.2) is 14.8 Å². The number of alkyl halides is 3. The Morgan fingerprint density at radius 2 is 1.81 bits per heavy atom. The number of aromatic nitrogens is 2. The molecule has 1 aliphatic heterocycles. The molecule has 21 heavy (non-hydrogen) atoms. The molecule has 2 heterocycles.